The highest BCUT2D eigenvalue weighted by Gasteiger charge is 2.37. The molecule has 26 heavy (non-hydrogen) atoms. The Bertz CT molecular complexity index is 725. The SMILES string of the molecule is CCOC(CS(=O)(=O)N1CCCN(c2ccc(F)c(F)c2)CC1)C1CC1. The third kappa shape index (κ3) is 4.72. The van der Waals surface area contributed by atoms with E-state index in [1.807, 2.05) is 11.8 Å². The van der Waals surface area contributed by atoms with Crippen molar-refractivity contribution in [2.24, 2.45) is 5.92 Å². The molecule has 2 aliphatic rings. The van der Waals surface area contributed by atoms with E-state index in [9.17, 15) is 17.2 Å². The number of anilines is 1. The monoisotopic (exact) mass is 388 g/mol. The zero-order valence-corrected chi connectivity index (χ0v) is 15.9. The van der Waals surface area contributed by atoms with Gasteiger partial charge in [0.2, 0.25) is 10.0 Å². The van der Waals surface area contributed by atoms with Gasteiger partial charge >= 0.3 is 0 Å². The van der Waals surface area contributed by atoms with Crippen molar-refractivity contribution < 1.29 is 21.9 Å². The lowest BCUT2D eigenvalue weighted by Gasteiger charge is -2.25. The van der Waals surface area contributed by atoms with Gasteiger partial charge in [-0.15, -0.1) is 0 Å². The summed E-state index contributed by atoms with van der Waals surface area (Å²) in [5.74, 6) is -1.39. The van der Waals surface area contributed by atoms with Crippen LogP contribution in [0.5, 0.6) is 0 Å². The third-order valence-corrected chi connectivity index (χ3v) is 6.92. The molecule has 3 rings (SSSR count). The third-order valence-electron chi connectivity index (χ3n) is 5.02. The van der Waals surface area contributed by atoms with E-state index in [1.54, 1.807) is 0 Å². The molecule has 1 aromatic rings. The second-order valence-electron chi connectivity index (χ2n) is 6.95. The summed E-state index contributed by atoms with van der Waals surface area (Å²) >= 11 is 0. The van der Waals surface area contributed by atoms with Crippen molar-refractivity contribution in [1.82, 2.24) is 4.31 Å². The predicted molar refractivity (Wildman–Crippen MR) is 96.7 cm³/mol. The van der Waals surface area contributed by atoms with Crippen LogP contribution in [-0.4, -0.2) is 57.4 Å². The second kappa shape index (κ2) is 8.19. The van der Waals surface area contributed by atoms with Crippen molar-refractivity contribution in [3.63, 3.8) is 0 Å². The first-order chi connectivity index (χ1) is 12.4. The minimum absolute atomic E-state index is 0.0245. The maximum absolute atomic E-state index is 13.5. The Kier molecular flexibility index (Phi) is 6.14. The molecule has 1 atom stereocenters. The van der Waals surface area contributed by atoms with Gasteiger partial charge in [-0.25, -0.2) is 21.5 Å². The lowest BCUT2D eigenvalue weighted by molar-refractivity contribution is 0.0623. The molecular weight excluding hydrogens is 362 g/mol. The van der Waals surface area contributed by atoms with Crippen molar-refractivity contribution in [2.75, 3.05) is 43.4 Å². The number of rotatable bonds is 7. The van der Waals surface area contributed by atoms with Gasteiger partial charge < -0.3 is 9.64 Å². The highest BCUT2D eigenvalue weighted by atomic mass is 32.2. The second-order valence-corrected chi connectivity index (χ2v) is 8.96. The van der Waals surface area contributed by atoms with Crippen LogP contribution < -0.4 is 4.90 Å². The molecule has 1 heterocycles. The summed E-state index contributed by atoms with van der Waals surface area (Å²) in [5, 5.41) is 0. The topological polar surface area (TPSA) is 49.9 Å². The molecule has 0 spiro atoms. The first-order valence-electron chi connectivity index (χ1n) is 9.20. The van der Waals surface area contributed by atoms with Gasteiger partial charge in [0.15, 0.2) is 11.6 Å². The summed E-state index contributed by atoms with van der Waals surface area (Å²) in [6.07, 6.45) is 2.48. The minimum atomic E-state index is -3.41. The van der Waals surface area contributed by atoms with Gasteiger partial charge in [0, 0.05) is 44.5 Å². The van der Waals surface area contributed by atoms with Crippen molar-refractivity contribution in [1.29, 1.82) is 0 Å². The van der Waals surface area contributed by atoms with Crippen LogP contribution in [0.3, 0.4) is 0 Å². The van der Waals surface area contributed by atoms with Crippen LogP contribution in [0.2, 0.25) is 0 Å². The fraction of sp³-hybridized carbons (Fsp3) is 0.667. The fourth-order valence-electron chi connectivity index (χ4n) is 3.43. The van der Waals surface area contributed by atoms with E-state index in [4.69, 9.17) is 4.74 Å². The van der Waals surface area contributed by atoms with E-state index >= 15 is 0 Å². The van der Waals surface area contributed by atoms with Crippen LogP contribution in [0.15, 0.2) is 18.2 Å². The van der Waals surface area contributed by atoms with E-state index in [-0.39, 0.29) is 11.9 Å². The van der Waals surface area contributed by atoms with E-state index < -0.39 is 21.7 Å². The Morgan fingerprint density at radius 1 is 1.15 bits per heavy atom. The normalized spacial score (nSPS) is 20.8. The minimum Gasteiger partial charge on any atom is -0.377 e. The molecule has 1 saturated carbocycles. The van der Waals surface area contributed by atoms with Crippen LogP contribution in [0.1, 0.15) is 26.2 Å². The van der Waals surface area contributed by atoms with Crippen LogP contribution in [-0.2, 0) is 14.8 Å². The van der Waals surface area contributed by atoms with Crippen LogP contribution in [0.25, 0.3) is 0 Å². The smallest absolute Gasteiger partial charge is 0.216 e. The largest absolute Gasteiger partial charge is 0.377 e. The molecule has 1 saturated heterocycles. The van der Waals surface area contributed by atoms with E-state index in [2.05, 4.69) is 0 Å². The van der Waals surface area contributed by atoms with Crippen molar-refractivity contribution >= 4 is 15.7 Å². The number of sulfonamides is 1. The van der Waals surface area contributed by atoms with E-state index in [1.165, 1.54) is 10.4 Å². The fourth-order valence-corrected chi connectivity index (χ4v) is 5.19. The molecular formula is C18H26F2N2O3S. The molecule has 1 aliphatic carbocycles. The van der Waals surface area contributed by atoms with Crippen molar-refractivity contribution in [3.8, 4) is 0 Å². The van der Waals surface area contributed by atoms with Gasteiger partial charge in [0.25, 0.3) is 0 Å². The quantitative estimate of drug-likeness (QED) is 0.721. The molecule has 0 radical (unpaired) electrons. The first-order valence-corrected chi connectivity index (χ1v) is 10.8. The molecule has 0 aromatic heterocycles. The number of benzene rings is 1. The molecule has 1 unspecified atom stereocenters. The van der Waals surface area contributed by atoms with Gasteiger partial charge in [0.05, 0.1) is 11.9 Å². The Morgan fingerprint density at radius 2 is 1.92 bits per heavy atom. The van der Waals surface area contributed by atoms with Crippen molar-refractivity contribution in [3.05, 3.63) is 29.8 Å². The lowest BCUT2D eigenvalue weighted by atomic mass is 10.2. The summed E-state index contributed by atoms with van der Waals surface area (Å²) < 4.78 is 59.4. The number of hydrogen-bond acceptors (Lipinski definition) is 4. The zero-order valence-electron chi connectivity index (χ0n) is 15.0. The molecule has 0 amide bonds. The van der Waals surface area contributed by atoms with Crippen LogP contribution >= 0.6 is 0 Å². The Morgan fingerprint density at radius 3 is 2.58 bits per heavy atom. The lowest BCUT2D eigenvalue weighted by Crippen LogP contribution is -2.40. The molecule has 0 N–H and O–H groups in total. The number of nitrogens with zero attached hydrogens (tertiary/aromatic N) is 2. The summed E-state index contributed by atoms with van der Waals surface area (Å²) in [7, 11) is -3.41. The summed E-state index contributed by atoms with van der Waals surface area (Å²) in [6.45, 7) is 4.23. The average Bonchev–Trinajstić information content (AvgIpc) is 3.43. The molecule has 5 nitrogen and oxygen atoms in total. The van der Waals surface area contributed by atoms with Gasteiger partial charge in [-0.3, -0.25) is 0 Å². The van der Waals surface area contributed by atoms with Gasteiger partial charge in [0.1, 0.15) is 0 Å². The van der Waals surface area contributed by atoms with Crippen molar-refractivity contribution in [2.45, 2.75) is 32.3 Å². The molecule has 8 heteroatoms. The standard InChI is InChI=1S/C18H26F2N2O3S/c1-2-25-18(14-4-5-14)13-26(23,24)22-9-3-8-21(10-11-22)15-6-7-16(19)17(20)12-15/h6-7,12,14,18H,2-5,8-11,13H2,1H3. The average molecular weight is 388 g/mol. The van der Waals surface area contributed by atoms with E-state index in [0.717, 1.165) is 25.0 Å². The number of halogens is 2. The number of hydrogen-bond donors (Lipinski definition) is 0. The highest BCUT2D eigenvalue weighted by Crippen LogP contribution is 2.35. The van der Waals surface area contributed by atoms with Crippen LogP contribution in [0.4, 0.5) is 14.5 Å². The Balaban J connectivity index is 1.64. The van der Waals surface area contributed by atoms with Crippen LogP contribution in [0, 0.1) is 17.6 Å². The summed E-state index contributed by atoms with van der Waals surface area (Å²) in [6, 6.07) is 3.80. The van der Waals surface area contributed by atoms with E-state index in [0.29, 0.717) is 50.8 Å². The molecule has 0 bridgehead atoms. The first kappa shape index (κ1) is 19.5. The van der Waals surface area contributed by atoms with Gasteiger partial charge in [-0.2, -0.15) is 0 Å². The van der Waals surface area contributed by atoms with Gasteiger partial charge in [-0.1, -0.05) is 0 Å². The molecule has 146 valence electrons. The number of ether oxygens (including phenoxy) is 1. The Labute approximate surface area is 154 Å². The molecule has 2 fully saturated rings. The summed E-state index contributed by atoms with van der Waals surface area (Å²) in [4.78, 5) is 1.90. The molecule has 1 aliphatic heterocycles. The zero-order chi connectivity index (χ0) is 18.7. The maximum Gasteiger partial charge on any atom is 0.216 e. The predicted octanol–water partition coefficient (Wildman–Crippen LogP) is 2.62. The summed E-state index contributed by atoms with van der Waals surface area (Å²) in [5.41, 5.74) is 0.577. The maximum atomic E-state index is 13.5. The molecule has 1 aromatic carbocycles. The highest BCUT2D eigenvalue weighted by molar-refractivity contribution is 7.89. The van der Waals surface area contributed by atoms with Gasteiger partial charge in [-0.05, 0) is 44.2 Å². The Hall–Kier alpha value is -1.25.